The maximum absolute atomic E-state index is 13.2. The van der Waals surface area contributed by atoms with Gasteiger partial charge in [-0.15, -0.1) is 13.2 Å². The average Bonchev–Trinajstić information content (AvgIpc) is 3.54. The molecule has 0 spiro atoms. The van der Waals surface area contributed by atoms with Crippen LogP contribution in [0.1, 0.15) is 42.5 Å². The molecule has 2 aromatic carbocycles. The largest absolute Gasteiger partial charge is 0.573 e. The number of rotatable bonds is 7. The van der Waals surface area contributed by atoms with E-state index in [4.69, 9.17) is 16.3 Å². The number of carbonyl (C=O) groups is 2. The quantitative estimate of drug-likeness (QED) is 0.590. The number of alkyl halides is 3. The van der Waals surface area contributed by atoms with E-state index in [0.717, 1.165) is 12.8 Å². The molecule has 0 radical (unpaired) electrons. The number of hydrogen-bond acceptors (Lipinski definition) is 4. The van der Waals surface area contributed by atoms with Gasteiger partial charge in [-0.25, -0.2) is 0 Å². The summed E-state index contributed by atoms with van der Waals surface area (Å²) < 4.78 is 47.7. The summed E-state index contributed by atoms with van der Waals surface area (Å²) in [6, 6.07) is 11.4. The number of benzene rings is 2. The molecular weight excluding hydrogens is 463 g/mol. The van der Waals surface area contributed by atoms with Crippen molar-refractivity contribution in [3.05, 3.63) is 64.7 Å². The van der Waals surface area contributed by atoms with Crippen molar-refractivity contribution < 1.29 is 37.3 Å². The number of ether oxygens (including phenoxy) is 2. The fourth-order valence-electron chi connectivity index (χ4n) is 4.04. The predicted molar refractivity (Wildman–Crippen MR) is 112 cm³/mol. The molecule has 1 N–H and O–H groups in total. The van der Waals surface area contributed by atoms with Crippen molar-refractivity contribution in [3.63, 3.8) is 0 Å². The molecule has 176 valence electrons. The number of carbonyl (C=O) groups excluding carboxylic acids is 1. The Morgan fingerprint density at radius 3 is 2.42 bits per heavy atom. The first kappa shape index (κ1) is 23.4. The molecule has 2 fully saturated rings. The third-order valence-corrected chi connectivity index (χ3v) is 5.87. The zero-order chi connectivity index (χ0) is 23.8. The Morgan fingerprint density at radius 1 is 1.15 bits per heavy atom. The zero-order valence-corrected chi connectivity index (χ0v) is 18.1. The number of hydrogen-bond donors (Lipinski definition) is 1. The van der Waals surface area contributed by atoms with Gasteiger partial charge in [0.2, 0.25) is 0 Å². The van der Waals surface area contributed by atoms with Crippen molar-refractivity contribution in [1.82, 2.24) is 4.90 Å². The molecule has 0 aromatic heterocycles. The third-order valence-electron chi connectivity index (χ3n) is 5.64. The standard InChI is InChI=1S/C23H21ClF3NO5/c24-16-3-1-2-15(10-16)21-20(14-6-8-17(9-7-14)33-23(25,26)27)28(12-13-4-5-13)22(31)18(32-21)11-19(29)30/h1-3,6-10,13,18,20-21H,4-5,11-12H2,(H,29,30)/t18-,20+,21+/m0/s1. The van der Waals surface area contributed by atoms with Gasteiger partial charge in [-0.1, -0.05) is 35.9 Å². The molecule has 1 amide bonds. The molecule has 2 aliphatic rings. The highest BCUT2D eigenvalue weighted by Gasteiger charge is 2.46. The van der Waals surface area contributed by atoms with Crippen LogP contribution in [-0.4, -0.2) is 40.9 Å². The van der Waals surface area contributed by atoms with Gasteiger partial charge in [-0.3, -0.25) is 9.59 Å². The van der Waals surface area contributed by atoms with Gasteiger partial charge in [-0.2, -0.15) is 0 Å². The second-order valence-electron chi connectivity index (χ2n) is 8.19. The molecule has 1 saturated carbocycles. The molecule has 1 aliphatic carbocycles. The van der Waals surface area contributed by atoms with Crippen LogP contribution < -0.4 is 4.74 Å². The number of aliphatic carboxylic acids is 1. The Hall–Kier alpha value is -2.78. The molecule has 0 unspecified atom stereocenters. The summed E-state index contributed by atoms with van der Waals surface area (Å²) in [7, 11) is 0. The van der Waals surface area contributed by atoms with Crippen LogP contribution in [0.15, 0.2) is 48.5 Å². The minimum atomic E-state index is -4.82. The van der Waals surface area contributed by atoms with Crippen molar-refractivity contribution >= 4 is 23.5 Å². The lowest BCUT2D eigenvalue weighted by Gasteiger charge is -2.45. The molecule has 0 bridgehead atoms. The molecular formula is C23H21ClF3NO5. The SMILES string of the molecule is O=C(O)C[C@@H]1O[C@H](c2cccc(Cl)c2)[C@@H](c2ccc(OC(F)(F)F)cc2)N(CC2CC2)C1=O. The Labute approximate surface area is 192 Å². The van der Waals surface area contributed by atoms with E-state index in [0.29, 0.717) is 22.7 Å². The summed E-state index contributed by atoms with van der Waals surface area (Å²) in [4.78, 5) is 26.2. The summed E-state index contributed by atoms with van der Waals surface area (Å²) in [6.45, 7) is 0.404. The van der Waals surface area contributed by atoms with E-state index in [2.05, 4.69) is 4.74 Å². The van der Waals surface area contributed by atoms with Crippen molar-refractivity contribution in [3.8, 4) is 5.75 Å². The summed E-state index contributed by atoms with van der Waals surface area (Å²) in [5, 5.41) is 9.73. The highest BCUT2D eigenvalue weighted by molar-refractivity contribution is 6.30. The van der Waals surface area contributed by atoms with Crippen molar-refractivity contribution in [2.45, 2.75) is 43.9 Å². The van der Waals surface area contributed by atoms with Crippen molar-refractivity contribution in [2.24, 2.45) is 5.92 Å². The molecule has 4 rings (SSSR count). The van der Waals surface area contributed by atoms with Crippen LogP contribution in [0.2, 0.25) is 5.02 Å². The highest BCUT2D eigenvalue weighted by atomic mass is 35.5. The van der Waals surface area contributed by atoms with Gasteiger partial charge in [0.25, 0.3) is 5.91 Å². The Morgan fingerprint density at radius 2 is 1.85 bits per heavy atom. The van der Waals surface area contributed by atoms with Crippen LogP contribution in [0.25, 0.3) is 0 Å². The summed E-state index contributed by atoms with van der Waals surface area (Å²) >= 11 is 6.17. The van der Waals surface area contributed by atoms with E-state index in [-0.39, 0.29) is 11.7 Å². The zero-order valence-electron chi connectivity index (χ0n) is 17.3. The molecule has 1 saturated heterocycles. The molecule has 1 heterocycles. The van der Waals surface area contributed by atoms with Crippen LogP contribution in [0.5, 0.6) is 5.75 Å². The molecule has 1 aliphatic heterocycles. The van der Waals surface area contributed by atoms with E-state index in [9.17, 15) is 27.9 Å². The van der Waals surface area contributed by atoms with Gasteiger partial charge in [0.15, 0.2) is 0 Å². The number of morpholine rings is 1. The van der Waals surface area contributed by atoms with E-state index >= 15 is 0 Å². The second-order valence-corrected chi connectivity index (χ2v) is 8.63. The van der Waals surface area contributed by atoms with Crippen LogP contribution in [0.4, 0.5) is 13.2 Å². The lowest BCUT2D eigenvalue weighted by molar-refractivity contribution is -0.274. The summed E-state index contributed by atoms with van der Waals surface area (Å²) in [5.74, 6) is -1.72. The van der Waals surface area contributed by atoms with E-state index in [1.165, 1.54) is 24.3 Å². The highest BCUT2D eigenvalue weighted by Crippen LogP contribution is 2.45. The minimum Gasteiger partial charge on any atom is -0.481 e. The fourth-order valence-corrected chi connectivity index (χ4v) is 4.24. The number of carboxylic acids is 1. The van der Waals surface area contributed by atoms with Crippen LogP contribution >= 0.6 is 11.6 Å². The molecule has 33 heavy (non-hydrogen) atoms. The maximum atomic E-state index is 13.2. The minimum absolute atomic E-state index is 0.285. The van der Waals surface area contributed by atoms with Crippen LogP contribution in [0, 0.1) is 5.92 Å². The second kappa shape index (κ2) is 9.23. The van der Waals surface area contributed by atoms with Gasteiger partial charge >= 0.3 is 12.3 Å². The van der Waals surface area contributed by atoms with Gasteiger partial charge in [0.1, 0.15) is 18.0 Å². The third kappa shape index (κ3) is 5.78. The first-order chi connectivity index (χ1) is 15.6. The Bertz CT molecular complexity index is 1030. The smallest absolute Gasteiger partial charge is 0.481 e. The van der Waals surface area contributed by atoms with Crippen molar-refractivity contribution in [2.75, 3.05) is 6.54 Å². The normalized spacial score (nSPS) is 23.5. The fraction of sp³-hybridized carbons (Fsp3) is 0.391. The van der Waals surface area contributed by atoms with Gasteiger partial charge < -0.3 is 19.5 Å². The van der Waals surface area contributed by atoms with E-state index in [1.807, 2.05) is 0 Å². The first-order valence-electron chi connectivity index (χ1n) is 10.4. The number of carboxylic acid groups (broad SMARTS) is 1. The maximum Gasteiger partial charge on any atom is 0.573 e. The van der Waals surface area contributed by atoms with Crippen LogP contribution in [0.3, 0.4) is 0 Å². The number of amides is 1. The monoisotopic (exact) mass is 483 g/mol. The van der Waals surface area contributed by atoms with Gasteiger partial charge in [-0.05, 0) is 54.2 Å². The molecule has 2 aromatic rings. The lowest BCUT2D eigenvalue weighted by atomic mass is 9.91. The summed E-state index contributed by atoms with van der Waals surface area (Å²) in [5.41, 5.74) is 1.17. The van der Waals surface area contributed by atoms with Crippen molar-refractivity contribution in [1.29, 1.82) is 0 Å². The first-order valence-corrected chi connectivity index (χ1v) is 10.8. The molecule has 3 atom stereocenters. The number of halogens is 4. The topological polar surface area (TPSA) is 76.1 Å². The average molecular weight is 484 g/mol. The predicted octanol–water partition coefficient (Wildman–Crippen LogP) is 5.13. The van der Waals surface area contributed by atoms with E-state index < -0.39 is 42.9 Å². The van der Waals surface area contributed by atoms with Crippen LogP contribution in [-0.2, 0) is 14.3 Å². The molecule has 6 nitrogen and oxygen atoms in total. The lowest BCUT2D eigenvalue weighted by Crippen LogP contribution is -2.52. The Kier molecular flexibility index (Phi) is 6.54. The van der Waals surface area contributed by atoms with Gasteiger partial charge in [0.05, 0.1) is 12.5 Å². The van der Waals surface area contributed by atoms with Gasteiger partial charge in [0, 0.05) is 11.6 Å². The Balaban J connectivity index is 1.74. The molecule has 10 heteroatoms. The number of nitrogens with zero attached hydrogens (tertiary/aromatic N) is 1. The summed E-state index contributed by atoms with van der Waals surface area (Å²) in [6.07, 6.45) is -5.38. The van der Waals surface area contributed by atoms with E-state index in [1.54, 1.807) is 29.2 Å².